The van der Waals surface area contributed by atoms with E-state index in [1.54, 1.807) is 0 Å². The molecule has 3 atom stereocenters. The first-order chi connectivity index (χ1) is 6.34. The van der Waals surface area contributed by atoms with Crippen molar-refractivity contribution >= 4 is 9.24 Å². The van der Waals surface area contributed by atoms with Crippen LogP contribution in [-0.2, 0) is 0 Å². The predicted octanol–water partition coefficient (Wildman–Crippen LogP) is 4.43. The van der Waals surface area contributed by atoms with Gasteiger partial charge in [0.05, 0.1) is 0 Å². The van der Waals surface area contributed by atoms with E-state index in [4.69, 9.17) is 0 Å². The maximum Gasteiger partial charge on any atom is -0.0188 e. The molecule has 14 heavy (non-hydrogen) atoms. The van der Waals surface area contributed by atoms with Crippen LogP contribution in [0, 0.1) is 11.8 Å². The molecule has 0 aromatic carbocycles. The number of allylic oxidation sites excluding steroid dienone is 2. The Hall–Kier alpha value is -0.0900. The highest BCUT2D eigenvalue weighted by atomic mass is 31.0. The Balaban J connectivity index is 3.99. The van der Waals surface area contributed by atoms with Crippen molar-refractivity contribution in [1.82, 2.24) is 0 Å². The number of hydrogen-bond donors (Lipinski definition) is 0. The normalized spacial score (nSPS) is 15.3. The summed E-state index contributed by atoms with van der Waals surface area (Å²) < 4.78 is 0. The van der Waals surface area contributed by atoms with Crippen molar-refractivity contribution in [2.75, 3.05) is 0 Å². The van der Waals surface area contributed by atoms with Crippen LogP contribution in [0.1, 0.15) is 40.5 Å². The Kier molecular flexibility index (Phi) is 6.36. The standard InChI is InChI=1S/C13H25P/c1-9(2)7-13(14)8-11(5)12(6)10(3)4/h9,11,13H,3,6-8,14H2,1-2,4-5H3. The fourth-order valence-electron chi connectivity index (χ4n) is 1.72. The maximum atomic E-state index is 4.08. The Morgan fingerprint density at radius 3 is 2.00 bits per heavy atom. The van der Waals surface area contributed by atoms with Crippen molar-refractivity contribution in [1.29, 1.82) is 0 Å². The quantitative estimate of drug-likeness (QED) is 0.451. The zero-order valence-electron chi connectivity index (χ0n) is 10.1. The van der Waals surface area contributed by atoms with Crippen LogP contribution in [0.2, 0.25) is 0 Å². The summed E-state index contributed by atoms with van der Waals surface area (Å²) in [4.78, 5) is 0. The molecule has 0 saturated heterocycles. The van der Waals surface area contributed by atoms with Crippen LogP contribution in [0.4, 0.5) is 0 Å². The molecule has 0 aromatic rings. The molecule has 0 amide bonds. The van der Waals surface area contributed by atoms with Crippen molar-refractivity contribution in [2.24, 2.45) is 11.8 Å². The third kappa shape index (κ3) is 5.60. The van der Waals surface area contributed by atoms with Crippen LogP contribution in [0.15, 0.2) is 24.3 Å². The third-order valence-corrected chi connectivity index (χ3v) is 3.12. The number of hydrogen-bond acceptors (Lipinski definition) is 0. The summed E-state index contributed by atoms with van der Waals surface area (Å²) in [6.07, 6.45) is 2.48. The minimum Gasteiger partial charge on any atom is -0.134 e. The van der Waals surface area contributed by atoms with Crippen molar-refractivity contribution in [3.63, 3.8) is 0 Å². The van der Waals surface area contributed by atoms with E-state index in [0.717, 1.165) is 11.5 Å². The van der Waals surface area contributed by atoms with E-state index in [-0.39, 0.29) is 0 Å². The van der Waals surface area contributed by atoms with Crippen LogP contribution in [-0.4, -0.2) is 5.66 Å². The van der Waals surface area contributed by atoms with Gasteiger partial charge in [-0.3, -0.25) is 0 Å². The van der Waals surface area contributed by atoms with E-state index in [9.17, 15) is 0 Å². The molecular weight excluding hydrogens is 187 g/mol. The Labute approximate surface area is 92.1 Å². The SMILES string of the molecule is C=C(C)C(=C)C(C)CC(P)CC(C)C. The molecule has 0 aliphatic heterocycles. The van der Waals surface area contributed by atoms with Gasteiger partial charge in [-0.05, 0) is 37.3 Å². The molecule has 0 nitrogen and oxygen atoms in total. The molecule has 0 aliphatic rings. The van der Waals surface area contributed by atoms with E-state index in [1.165, 1.54) is 18.4 Å². The molecule has 0 radical (unpaired) electrons. The highest BCUT2D eigenvalue weighted by Crippen LogP contribution is 2.26. The van der Waals surface area contributed by atoms with Crippen LogP contribution < -0.4 is 0 Å². The van der Waals surface area contributed by atoms with Crippen LogP contribution in [0.5, 0.6) is 0 Å². The monoisotopic (exact) mass is 212 g/mol. The van der Waals surface area contributed by atoms with Gasteiger partial charge >= 0.3 is 0 Å². The van der Waals surface area contributed by atoms with Gasteiger partial charge in [-0.15, -0.1) is 9.24 Å². The summed E-state index contributed by atoms with van der Waals surface area (Å²) in [5.41, 5.74) is 3.04. The van der Waals surface area contributed by atoms with Crippen LogP contribution >= 0.6 is 9.24 Å². The third-order valence-electron chi connectivity index (χ3n) is 2.57. The van der Waals surface area contributed by atoms with Crippen molar-refractivity contribution in [2.45, 2.75) is 46.2 Å². The molecular formula is C13H25P. The molecule has 0 heterocycles. The van der Waals surface area contributed by atoms with Crippen LogP contribution in [0.3, 0.4) is 0 Å². The van der Waals surface area contributed by atoms with E-state index in [0.29, 0.717) is 11.6 Å². The average Bonchev–Trinajstić information content (AvgIpc) is 2.00. The summed E-state index contributed by atoms with van der Waals surface area (Å²) >= 11 is 0. The minimum atomic E-state index is 0.564. The summed E-state index contributed by atoms with van der Waals surface area (Å²) in [5, 5.41) is 0. The topological polar surface area (TPSA) is 0 Å². The zero-order valence-corrected chi connectivity index (χ0v) is 11.3. The molecule has 0 N–H and O–H groups in total. The largest absolute Gasteiger partial charge is 0.134 e. The summed E-state index contributed by atoms with van der Waals surface area (Å²) in [6, 6.07) is 0. The lowest BCUT2D eigenvalue weighted by atomic mass is 9.91. The second-order valence-electron chi connectivity index (χ2n) is 4.83. The van der Waals surface area contributed by atoms with E-state index < -0.39 is 0 Å². The first-order valence-electron chi connectivity index (χ1n) is 5.44. The van der Waals surface area contributed by atoms with Gasteiger partial charge in [-0.25, -0.2) is 0 Å². The van der Waals surface area contributed by atoms with Gasteiger partial charge < -0.3 is 0 Å². The molecule has 0 saturated carbocycles. The molecule has 0 aliphatic carbocycles. The van der Waals surface area contributed by atoms with Gasteiger partial charge in [-0.2, -0.15) is 0 Å². The summed E-state index contributed by atoms with van der Waals surface area (Å²) in [6.45, 7) is 16.8. The van der Waals surface area contributed by atoms with Gasteiger partial charge in [0.2, 0.25) is 0 Å². The van der Waals surface area contributed by atoms with Gasteiger partial charge in [0.15, 0.2) is 0 Å². The Bertz CT molecular complexity index is 203. The highest BCUT2D eigenvalue weighted by molar-refractivity contribution is 7.17. The zero-order chi connectivity index (χ0) is 11.3. The van der Waals surface area contributed by atoms with Crippen molar-refractivity contribution < 1.29 is 0 Å². The molecule has 1 heteroatoms. The Morgan fingerprint density at radius 2 is 1.64 bits per heavy atom. The lowest BCUT2D eigenvalue weighted by Gasteiger charge is -2.20. The molecule has 0 bridgehead atoms. The second-order valence-corrected chi connectivity index (χ2v) is 5.77. The maximum absolute atomic E-state index is 4.08. The second kappa shape index (κ2) is 6.40. The fraction of sp³-hybridized carbons (Fsp3) is 0.692. The first-order valence-corrected chi connectivity index (χ1v) is 6.11. The molecule has 3 unspecified atom stereocenters. The molecule has 0 fully saturated rings. The van der Waals surface area contributed by atoms with Gasteiger partial charge in [0.1, 0.15) is 0 Å². The van der Waals surface area contributed by atoms with Crippen molar-refractivity contribution in [3.05, 3.63) is 24.3 Å². The summed E-state index contributed by atoms with van der Waals surface area (Å²) in [7, 11) is 2.95. The predicted molar refractivity (Wildman–Crippen MR) is 70.7 cm³/mol. The minimum absolute atomic E-state index is 0.564. The van der Waals surface area contributed by atoms with Gasteiger partial charge in [-0.1, -0.05) is 45.1 Å². The molecule has 0 rings (SSSR count). The average molecular weight is 212 g/mol. The lowest BCUT2D eigenvalue weighted by Crippen LogP contribution is -2.10. The smallest absolute Gasteiger partial charge is 0.0188 e. The van der Waals surface area contributed by atoms with E-state index in [1.807, 2.05) is 6.92 Å². The van der Waals surface area contributed by atoms with Gasteiger partial charge in [0.25, 0.3) is 0 Å². The molecule has 0 aromatic heterocycles. The number of rotatable bonds is 6. The first kappa shape index (κ1) is 13.9. The van der Waals surface area contributed by atoms with Crippen molar-refractivity contribution in [3.8, 4) is 0 Å². The summed E-state index contributed by atoms with van der Waals surface area (Å²) in [5.74, 6) is 1.34. The van der Waals surface area contributed by atoms with E-state index in [2.05, 4.69) is 43.2 Å². The molecule has 0 spiro atoms. The Morgan fingerprint density at radius 1 is 1.14 bits per heavy atom. The van der Waals surface area contributed by atoms with E-state index >= 15 is 0 Å². The van der Waals surface area contributed by atoms with Crippen LogP contribution in [0.25, 0.3) is 0 Å². The molecule has 82 valence electrons. The fourth-order valence-corrected chi connectivity index (χ4v) is 2.67. The lowest BCUT2D eigenvalue weighted by molar-refractivity contribution is 0.505. The van der Waals surface area contributed by atoms with Gasteiger partial charge in [0, 0.05) is 0 Å². The highest BCUT2D eigenvalue weighted by Gasteiger charge is 2.13.